The van der Waals surface area contributed by atoms with Gasteiger partial charge in [0.1, 0.15) is 5.82 Å². The molecule has 2 aliphatic rings. The average Bonchev–Trinajstić information content (AvgIpc) is 3.16. The fourth-order valence-corrected chi connectivity index (χ4v) is 3.43. The monoisotopic (exact) mass is 305 g/mol. The molecule has 1 aromatic rings. The Bertz CT molecular complexity index is 540. The number of nitrogens with zero attached hydrogens (tertiary/aromatic N) is 2. The molecule has 0 saturated carbocycles. The number of ether oxygens (including phenoxy) is 1. The molecule has 0 aliphatic carbocycles. The van der Waals surface area contributed by atoms with Crippen LogP contribution in [0.2, 0.25) is 0 Å². The van der Waals surface area contributed by atoms with Crippen molar-refractivity contribution in [3.8, 4) is 0 Å². The van der Waals surface area contributed by atoms with E-state index in [4.69, 9.17) is 4.74 Å². The molecule has 0 amide bonds. The van der Waals surface area contributed by atoms with E-state index in [0.29, 0.717) is 18.4 Å². The van der Waals surface area contributed by atoms with Gasteiger partial charge in [-0.05, 0) is 30.9 Å². The van der Waals surface area contributed by atoms with Gasteiger partial charge in [0.25, 0.3) is 0 Å². The molecule has 2 fully saturated rings. The number of benzene rings is 1. The molecule has 0 aromatic heterocycles. The summed E-state index contributed by atoms with van der Waals surface area (Å²) in [5.74, 6) is 0.780. The second-order valence-corrected chi connectivity index (χ2v) is 6.29. The number of rotatable bonds is 3. The zero-order valence-corrected chi connectivity index (χ0v) is 13.1. The quantitative estimate of drug-likeness (QED) is 0.686. The van der Waals surface area contributed by atoms with E-state index in [1.54, 1.807) is 6.07 Å². The summed E-state index contributed by atoms with van der Waals surface area (Å²) in [7, 11) is 1.81. The van der Waals surface area contributed by atoms with Crippen LogP contribution in [0.3, 0.4) is 0 Å². The van der Waals surface area contributed by atoms with Crippen molar-refractivity contribution in [2.75, 3.05) is 39.9 Å². The maximum Gasteiger partial charge on any atom is 0.193 e. The van der Waals surface area contributed by atoms with Gasteiger partial charge in [0.05, 0.1) is 6.61 Å². The van der Waals surface area contributed by atoms with Crippen molar-refractivity contribution in [2.24, 2.45) is 10.4 Å². The first-order chi connectivity index (χ1) is 10.7. The van der Waals surface area contributed by atoms with Gasteiger partial charge in [-0.15, -0.1) is 0 Å². The molecule has 1 spiro atoms. The van der Waals surface area contributed by atoms with Crippen molar-refractivity contribution in [1.82, 2.24) is 10.2 Å². The molecule has 1 aromatic carbocycles. The van der Waals surface area contributed by atoms with Crippen LogP contribution < -0.4 is 5.32 Å². The molecule has 2 aliphatic heterocycles. The van der Waals surface area contributed by atoms with Crippen LogP contribution in [-0.2, 0) is 11.2 Å². The number of nitrogens with one attached hydrogen (secondary N) is 1. The lowest BCUT2D eigenvalue weighted by Gasteiger charge is -2.25. The fraction of sp³-hybridized carbons (Fsp3) is 0.588. The summed E-state index contributed by atoms with van der Waals surface area (Å²) < 4.78 is 19.2. The molecule has 3 rings (SSSR count). The highest BCUT2D eigenvalue weighted by Gasteiger charge is 2.42. The van der Waals surface area contributed by atoms with Gasteiger partial charge in [0.2, 0.25) is 0 Å². The smallest absolute Gasteiger partial charge is 0.193 e. The highest BCUT2D eigenvalue weighted by atomic mass is 19.1. The number of halogens is 1. The Morgan fingerprint density at radius 2 is 2.27 bits per heavy atom. The lowest BCUT2D eigenvalue weighted by Crippen LogP contribution is -2.42. The number of likely N-dealkylation sites (tertiary alicyclic amines) is 1. The molecule has 2 heterocycles. The van der Waals surface area contributed by atoms with E-state index in [1.165, 1.54) is 12.5 Å². The first-order valence-electron chi connectivity index (χ1n) is 7.99. The Morgan fingerprint density at radius 1 is 1.41 bits per heavy atom. The summed E-state index contributed by atoms with van der Waals surface area (Å²) in [5.41, 5.74) is 1.07. The molecule has 0 radical (unpaired) electrons. The Hall–Kier alpha value is -1.62. The minimum Gasteiger partial charge on any atom is -0.381 e. The van der Waals surface area contributed by atoms with Gasteiger partial charge in [-0.3, -0.25) is 4.99 Å². The summed E-state index contributed by atoms with van der Waals surface area (Å²) in [6.45, 7) is 4.46. The molecule has 1 unspecified atom stereocenters. The van der Waals surface area contributed by atoms with Gasteiger partial charge in [0, 0.05) is 38.7 Å². The lowest BCUT2D eigenvalue weighted by molar-refractivity contribution is 0.156. The maximum atomic E-state index is 13.6. The van der Waals surface area contributed by atoms with Crippen molar-refractivity contribution in [3.05, 3.63) is 35.6 Å². The molecule has 5 heteroatoms. The van der Waals surface area contributed by atoms with Crippen LogP contribution in [0.15, 0.2) is 29.3 Å². The van der Waals surface area contributed by atoms with Crippen LogP contribution in [0, 0.1) is 11.2 Å². The molecular formula is C17H24FN3O. The van der Waals surface area contributed by atoms with Gasteiger partial charge in [-0.2, -0.15) is 0 Å². The van der Waals surface area contributed by atoms with E-state index < -0.39 is 0 Å². The van der Waals surface area contributed by atoms with Crippen LogP contribution in [0.4, 0.5) is 4.39 Å². The van der Waals surface area contributed by atoms with E-state index >= 15 is 0 Å². The molecule has 4 nitrogen and oxygen atoms in total. The Morgan fingerprint density at radius 3 is 3.00 bits per heavy atom. The van der Waals surface area contributed by atoms with Crippen LogP contribution in [-0.4, -0.2) is 50.8 Å². The van der Waals surface area contributed by atoms with Gasteiger partial charge in [-0.1, -0.05) is 18.2 Å². The van der Waals surface area contributed by atoms with E-state index in [-0.39, 0.29) is 5.82 Å². The molecule has 22 heavy (non-hydrogen) atoms. The first-order valence-corrected chi connectivity index (χ1v) is 7.99. The summed E-state index contributed by atoms with van der Waals surface area (Å²) >= 11 is 0. The van der Waals surface area contributed by atoms with Crippen molar-refractivity contribution >= 4 is 5.96 Å². The average molecular weight is 305 g/mol. The topological polar surface area (TPSA) is 36.9 Å². The van der Waals surface area contributed by atoms with E-state index in [9.17, 15) is 4.39 Å². The third kappa shape index (κ3) is 3.24. The third-order valence-corrected chi connectivity index (χ3v) is 4.77. The maximum absolute atomic E-state index is 13.6. The van der Waals surface area contributed by atoms with Crippen LogP contribution in [0.25, 0.3) is 0 Å². The number of hydrogen-bond acceptors (Lipinski definition) is 2. The zero-order chi connectivity index (χ0) is 15.4. The second-order valence-electron chi connectivity index (χ2n) is 6.29. The standard InChI is InChI=1S/C17H24FN3O/c1-19-16(20-9-6-14-4-2-3-5-15(14)18)21-10-7-17(12-21)8-11-22-13-17/h2-5H,6-13H2,1H3,(H,19,20). The van der Waals surface area contributed by atoms with Crippen molar-refractivity contribution in [3.63, 3.8) is 0 Å². The Kier molecular flexibility index (Phi) is 4.62. The van der Waals surface area contributed by atoms with Gasteiger partial charge >= 0.3 is 0 Å². The van der Waals surface area contributed by atoms with Gasteiger partial charge < -0.3 is 15.0 Å². The van der Waals surface area contributed by atoms with Gasteiger partial charge in [0.15, 0.2) is 5.96 Å². The van der Waals surface area contributed by atoms with Gasteiger partial charge in [-0.25, -0.2) is 4.39 Å². The predicted molar refractivity (Wildman–Crippen MR) is 85.5 cm³/mol. The molecule has 120 valence electrons. The van der Waals surface area contributed by atoms with Crippen molar-refractivity contribution in [1.29, 1.82) is 0 Å². The number of hydrogen-bond donors (Lipinski definition) is 1. The number of aliphatic imine (C=N–C) groups is 1. The molecule has 0 bridgehead atoms. The minimum absolute atomic E-state index is 0.137. The number of guanidine groups is 1. The van der Waals surface area contributed by atoms with Crippen molar-refractivity contribution < 1.29 is 9.13 Å². The zero-order valence-electron chi connectivity index (χ0n) is 13.1. The minimum atomic E-state index is -0.137. The SMILES string of the molecule is CN=C(NCCc1ccccc1F)N1CCC2(CCOC2)C1. The molecule has 1 atom stereocenters. The van der Waals surface area contributed by atoms with E-state index in [2.05, 4.69) is 15.2 Å². The Balaban J connectivity index is 1.52. The largest absolute Gasteiger partial charge is 0.381 e. The normalized spacial score (nSPS) is 25.2. The highest BCUT2D eigenvalue weighted by molar-refractivity contribution is 5.80. The second kappa shape index (κ2) is 6.65. The van der Waals surface area contributed by atoms with Crippen LogP contribution in [0.1, 0.15) is 18.4 Å². The summed E-state index contributed by atoms with van der Waals surface area (Å²) in [4.78, 5) is 6.68. The third-order valence-electron chi connectivity index (χ3n) is 4.77. The highest BCUT2D eigenvalue weighted by Crippen LogP contribution is 2.38. The van der Waals surface area contributed by atoms with E-state index in [0.717, 1.165) is 44.2 Å². The van der Waals surface area contributed by atoms with E-state index in [1.807, 2.05) is 19.2 Å². The summed E-state index contributed by atoms with van der Waals surface area (Å²) in [6.07, 6.45) is 2.98. The van der Waals surface area contributed by atoms with Crippen molar-refractivity contribution in [2.45, 2.75) is 19.3 Å². The molecular weight excluding hydrogens is 281 g/mol. The predicted octanol–water partition coefficient (Wildman–Crippen LogP) is 2.06. The lowest BCUT2D eigenvalue weighted by atomic mass is 9.87. The fourth-order valence-electron chi connectivity index (χ4n) is 3.43. The van der Waals surface area contributed by atoms with Crippen LogP contribution >= 0.6 is 0 Å². The Labute approximate surface area is 131 Å². The first kappa shape index (κ1) is 15.3. The molecule has 1 N–H and O–H groups in total. The molecule has 2 saturated heterocycles. The summed E-state index contributed by atoms with van der Waals surface area (Å²) in [5, 5.41) is 3.36. The summed E-state index contributed by atoms with van der Waals surface area (Å²) in [6, 6.07) is 6.94. The van der Waals surface area contributed by atoms with Crippen LogP contribution in [0.5, 0.6) is 0 Å².